The summed E-state index contributed by atoms with van der Waals surface area (Å²) in [6.45, 7) is 2.70. The highest BCUT2D eigenvalue weighted by Gasteiger charge is 1.99. The van der Waals surface area contributed by atoms with Gasteiger partial charge in [-0.3, -0.25) is 0 Å². The van der Waals surface area contributed by atoms with E-state index in [4.69, 9.17) is 0 Å². The minimum atomic E-state index is -0.170. The molecule has 1 rings (SSSR count). The van der Waals surface area contributed by atoms with E-state index in [1.54, 1.807) is 18.5 Å². The summed E-state index contributed by atoms with van der Waals surface area (Å²) in [6.07, 6.45) is 4.13. The van der Waals surface area contributed by atoms with Crippen LogP contribution in [-0.2, 0) is 0 Å². The molecule has 0 unspecified atom stereocenters. The van der Waals surface area contributed by atoms with E-state index in [1.165, 1.54) is 4.68 Å². The van der Waals surface area contributed by atoms with Gasteiger partial charge in [0.15, 0.2) is 0 Å². The maximum Gasteiger partial charge on any atom is 0.342 e. The molecule has 4 nitrogen and oxygen atoms in total. The van der Waals surface area contributed by atoms with Crippen LogP contribution in [-0.4, -0.2) is 22.4 Å². The molecule has 1 N–H and O–H groups in total. The second kappa shape index (κ2) is 3.75. The molecule has 0 aliphatic heterocycles. The zero-order valence-electron chi connectivity index (χ0n) is 6.45. The van der Waals surface area contributed by atoms with Gasteiger partial charge in [-0.2, -0.15) is 9.78 Å². The summed E-state index contributed by atoms with van der Waals surface area (Å²) in [5, 5.41) is 6.47. The van der Waals surface area contributed by atoms with E-state index in [0.717, 1.165) is 6.42 Å². The third-order valence-electron chi connectivity index (χ3n) is 1.24. The van der Waals surface area contributed by atoms with Crippen LogP contribution < -0.4 is 5.32 Å². The van der Waals surface area contributed by atoms with Gasteiger partial charge in [-0.15, -0.1) is 0 Å². The largest absolute Gasteiger partial charge is 0.342 e. The van der Waals surface area contributed by atoms with Gasteiger partial charge in [0.1, 0.15) is 0 Å². The van der Waals surface area contributed by atoms with Gasteiger partial charge in [0.05, 0.1) is 0 Å². The SMILES string of the molecule is CCCNC(=O)n1cccn1. The fourth-order valence-electron chi connectivity index (χ4n) is 0.702. The van der Waals surface area contributed by atoms with Crippen molar-refractivity contribution >= 4 is 6.03 Å². The van der Waals surface area contributed by atoms with Crippen molar-refractivity contribution in [1.82, 2.24) is 15.1 Å². The Morgan fingerprint density at radius 2 is 2.55 bits per heavy atom. The molecule has 0 atom stereocenters. The summed E-state index contributed by atoms with van der Waals surface area (Å²) in [5.41, 5.74) is 0. The normalized spacial score (nSPS) is 9.55. The van der Waals surface area contributed by atoms with Gasteiger partial charge in [0.25, 0.3) is 0 Å². The Morgan fingerprint density at radius 1 is 1.73 bits per heavy atom. The van der Waals surface area contributed by atoms with Crippen LogP contribution in [0.3, 0.4) is 0 Å². The van der Waals surface area contributed by atoms with Crippen LogP contribution in [0, 0.1) is 0 Å². The van der Waals surface area contributed by atoms with E-state index < -0.39 is 0 Å². The topological polar surface area (TPSA) is 46.9 Å². The highest BCUT2D eigenvalue weighted by molar-refractivity contribution is 5.75. The lowest BCUT2D eigenvalue weighted by Crippen LogP contribution is -2.29. The first kappa shape index (κ1) is 7.78. The second-order valence-electron chi connectivity index (χ2n) is 2.18. The quantitative estimate of drug-likeness (QED) is 0.684. The van der Waals surface area contributed by atoms with E-state index in [-0.39, 0.29) is 6.03 Å². The summed E-state index contributed by atoms with van der Waals surface area (Å²) < 4.78 is 1.27. The van der Waals surface area contributed by atoms with Crippen molar-refractivity contribution in [3.8, 4) is 0 Å². The van der Waals surface area contributed by atoms with Crippen molar-refractivity contribution < 1.29 is 4.79 Å². The molecule has 0 saturated carbocycles. The van der Waals surface area contributed by atoms with Crippen molar-refractivity contribution in [3.05, 3.63) is 18.5 Å². The first-order valence-electron chi connectivity index (χ1n) is 3.62. The number of hydrogen-bond donors (Lipinski definition) is 1. The molecular formula is C7H11N3O. The summed E-state index contributed by atoms with van der Waals surface area (Å²) in [6, 6.07) is 1.54. The maximum atomic E-state index is 11.1. The Kier molecular flexibility index (Phi) is 2.66. The fraction of sp³-hybridized carbons (Fsp3) is 0.429. The van der Waals surface area contributed by atoms with Gasteiger partial charge < -0.3 is 5.32 Å². The molecule has 4 heteroatoms. The minimum Gasteiger partial charge on any atom is -0.336 e. The van der Waals surface area contributed by atoms with Crippen LogP contribution in [0.2, 0.25) is 0 Å². The highest BCUT2D eigenvalue weighted by atomic mass is 16.2. The van der Waals surface area contributed by atoms with Gasteiger partial charge in [-0.1, -0.05) is 6.92 Å². The van der Waals surface area contributed by atoms with Crippen LogP contribution in [0.15, 0.2) is 18.5 Å². The lowest BCUT2D eigenvalue weighted by molar-refractivity contribution is 0.239. The Hall–Kier alpha value is -1.32. The Bertz CT molecular complexity index is 218. The Morgan fingerprint density at radius 3 is 3.09 bits per heavy atom. The second-order valence-corrected chi connectivity index (χ2v) is 2.18. The number of nitrogens with one attached hydrogen (secondary N) is 1. The van der Waals surface area contributed by atoms with Crippen LogP contribution in [0.4, 0.5) is 4.79 Å². The number of nitrogens with zero attached hydrogens (tertiary/aromatic N) is 2. The van der Waals surface area contributed by atoms with Crippen LogP contribution in [0.1, 0.15) is 13.3 Å². The minimum absolute atomic E-state index is 0.170. The zero-order valence-corrected chi connectivity index (χ0v) is 6.45. The van der Waals surface area contributed by atoms with Crippen LogP contribution >= 0.6 is 0 Å². The molecule has 0 aliphatic carbocycles. The molecule has 0 aromatic carbocycles. The molecule has 0 fully saturated rings. The highest BCUT2D eigenvalue weighted by Crippen LogP contribution is 1.83. The van der Waals surface area contributed by atoms with Crippen molar-refractivity contribution in [1.29, 1.82) is 0 Å². The molecular weight excluding hydrogens is 142 g/mol. The van der Waals surface area contributed by atoms with E-state index in [9.17, 15) is 4.79 Å². The molecule has 0 radical (unpaired) electrons. The van der Waals surface area contributed by atoms with E-state index in [0.29, 0.717) is 6.54 Å². The average molecular weight is 153 g/mol. The Labute approximate surface area is 65.2 Å². The number of rotatable bonds is 2. The standard InChI is InChI=1S/C7H11N3O/c1-2-4-8-7(11)10-6-3-5-9-10/h3,5-6H,2,4H2,1H3,(H,8,11). The summed E-state index contributed by atoms with van der Waals surface area (Å²) >= 11 is 0. The Balaban J connectivity index is 2.43. The third kappa shape index (κ3) is 2.07. The van der Waals surface area contributed by atoms with E-state index >= 15 is 0 Å². The molecule has 0 spiro atoms. The van der Waals surface area contributed by atoms with E-state index in [2.05, 4.69) is 10.4 Å². The summed E-state index contributed by atoms with van der Waals surface area (Å²) in [5.74, 6) is 0. The summed E-state index contributed by atoms with van der Waals surface area (Å²) in [7, 11) is 0. The smallest absolute Gasteiger partial charge is 0.336 e. The van der Waals surface area contributed by atoms with Crippen LogP contribution in [0.5, 0.6) is 0 Å². The molecule has 1 heterocycles. The van der Waals surface area contributed by atoms with Crippen LogP contribution in [0.25, 0.3) is 0 Å². The van der Waals surface area contributed by atoms with Crippen molar-refractivity contribution in [3.63, 3.8) is 0 Å². The number of hydrogen-bond acceptors (Lipinski definition) is 2. The average Bonchev–Trinajstić information content (AvgIpc) is 2.52. The summed E-state index contributed by atoms with van der Waals surface area (Å²) in [4.78, 5) is 11.1. The number of aromatic nitrogens is 2. The van der Waals surface area contributed by atoms with Gasteiger partial charge >= 0.3 is 6.03 Å². The molecule has 0 aliphatic rings. The monoisotopic (exact) mass is 153 g/mol. The third-order valence-corrected chi connectivity index (χ3v) is 1.24. The lowest BCUT2D eigenvalue weighted by Gasteiger charge is -2.00. The number of amides is 1. The maximum absolute atomic E-state index is 11.1. The molecule has 0 bridgehead atoms. The first-order valence-corrected chi connectivity index (χ1v) is 3.62. The molecule has 1 aromatic heterocycles. The molecule has 0 saturated heterocycles. The molecule has 60 valence electrons. The lowest BCUT2D eigenvalue weighted by atomic mass is 10.5. The number of carbonyl (C=O) groups is 1. The van der Waals surface area contributed by atoms with Gasteiger partial charge in [-0.05, 0) is 12.5 Å². The molecule has 1 amide bonds. The number of carbonyl (C=O) groups excluding carboxylic acids is 1. The van der Waals surface area contributed by atoms with E-state index in [1.807, 2.05) is 6.92 Å². The fourth-order valence-corrected chi connectivity index (χ4v) is 0.702. The zero-order chi connectivity index (χ0) is 8.10. The van der Waals surface area contributed by atoms with Crippen molar-refractivity contribution in [2.75, 3.05) is 6.54 Å². The van der Waals surface area contributed by atoms with Crippen molar-refractivity contribution in [2.45, 2.75) is 13.3 Å². The predicted octanol–water partition coefficient (Wildman–Crippen LogP) is 0.851. The van der Waals surface area contributed by atoms with Gasteiger partial charge in [-0.25, -0.2) is 4.79 Å². The van der Waals surface area contributed by atoms with Crippen molar-refractivity contribution in [2.24, 2.45) is 0 Å². The van der Waals surface area contributed by atoms with Gasteiger partial charge in [0.2, 0.25) is 0 Å². The predicted molar refractivity (Wildman–Crippen MR) is 41.3 cm³/mol. The molecule has 1 aromatic rings. The van der Waals surface area contributed by atoms with Gasteiger partial charge in [0, 0.05) is 18.9 Å². The molecule has 11 heavy (non-hydrogen) atoms. The first-order chi connectivity index (χ1) is 5.34.